The van der Waals surface area contributed by atoms with Gasteiger partial charge in [0.15, 0.2) is 0 Å². The Hall–Kier alpha value is -1.59. The monoisotopic (exact) mass is 256 g/mol. The van der Waals surface area contributed by atoms with Crippen LogP contribution in [0.5, 0.6) is 0 Å². The van der Waals surface area contributed by atoms with Gasteiger partial charge in [0, 0.05) is 0 Å². The van der Waals surface area contributed by atoms with E-state index in [1.165, 1.54) is 0 Å². The Morgan fingerprint density at radius 2 is 2.06 bits per heavy atom. The fraction of sp³-hybridized carbons (Fsp3) is 0.750. The van der Waals surface area contributed by atoms with Crippen molar-refractivity contribution in [3.63, 3.8) is 0 Å². The summed E-state index contributed by atoms with van der Waals surface area (Å²) in [5, 5.41) is 2.64. The lowest BCUT2D eigenvalue weighted by molar-refractivity contribution is -0.147. The molecule has 1 unspecified atom stereocenters. The van der Waals surface area contributed by atoms with E-state index in [-0.39, 0.29) is 19.1 Å². The first-order valence-electron chi connectivity index (χ1n) is 6.24. The minimum absolute atomic E-state index is 0.232. The average Bonchev–Trinajstić information content (AvgIpc) is 2.51. The topological polar surface area (TPSA) is 75.7 Å². The third-order valence-electron chi connectivity index (χ3n) is 2.97. The zero-order valence-corrected chi connectivity index (χ0v) is 11.1. The molecule has 0 aromatic carbocycles. The van der Waals surface area contributed by atoms with E-state index in [2.05, 4.69) is 5.32 Å². The second-order valence-corrected chi connectivity index (χ2v) is 4.56. The number of nitrogens with zero attached hydrogens (tertiary/aromatic N) is 1. The number of hydrogen-bond donors (Lipinski definition) is 1. The van der Waals surface area contributed by atoms with Gasteiger partial charge >= 0.3 is 12.0 Å². The van der Waals surface area contributed by atoms with Gasteiger partial charge < -0.3 is 10.1 Å². The maximum absolute atomic E-state index is 12.1. The number of imide groups is 1. The minimum atomic E-state index is -0.889. The number of amides is 3. The van der Waals surface area contributed by atoms with Crippen molar-refractivity contribution in [1.29, 1.82) is 0 Å². The number of esters is 1. The summed E-state index contributed by atoms with van der Waals surface area (Å²) in [4.78, 5) is 36.1. The largest absolute Gasteiger partial charge is 0.465 e. The van der Waals surface area contributed by atoms with Crippen LogP contribution >= 0.6 is 0 Å². The van der Waals surface area contributed by atoms with Crippen molar-refractivity contribution in [2.24, 2.45) is 0 Å². The maximum Gasteiger partial charge on any atom is 0.326 e. The molecular weight excluding hydrogens is 236 g/mol. The molecule has 1 N–H and O–H groups in total. The van der Waals surface area contributed by atoms with Crippen LogP contribution in [0, 0.1) is 0 Å². The highest BCUT2D eigenvalue weighted by molar-refractivity contribution is 6.08. The van der Waals surface area contributed by atoms with Gasteiger partial charge in [0.2, 0.25) is 0 Å². The molecule has 1 fully saturated rings. The summed E-state index contributed by atoms with van der Waals surface area (Å²) in [6, 6.07) is -0.522. The highest BCUT2D eigenvalue weighted by atomic mass is 16.5. The molecule has 0 saturated carbocycles. The summed E-state index contributed by atoms with van der Waals surface area (Å²) in [5.74, 6) is -0.922. The summed E-state index contributed by atoms with van der Waals surface area (Å²) in [5.41, 5.74) is -0.889. The first-order chi connectivity index (χ1) is 8.44. The van der Waals surface area contributed by atoms with E-state index in [1.54, 1.807) is 13.8 Å². The molecule has 6 nitrogen and oxygen atoms in total. The van der Waals surface area contributed by atoms with Crippen molar-refractivity contribution in [3.8, 4) is 0 Å². The summed E-state index contributed by atoms with van der Waals surface area (Å²) in [6.07, 6.45) is 2.36. The molecule has 1 heterocycles. The van der Waals surface area contributed by atoms with Crippen LogP contribution in [0.25, 0.3) is 0 Å². The Balaban J connectivity index is 2.69. The number of urea groups is 1. The van der Waals surface area contributed by atoms with Gasteiger partial charge in [-0.1, -0.05) is 19.8 Å². The maximum atomic E-state index is 12.1. The van der Waals surface area contributed by atoms with Crippen LogP contribution < -0.4 is 5.32 Å². The molecular formula is C12H20N2O4. The number of hydrogen-bond acceptors (Lipinski definition) is 4. The Bertz CT molecular complexity index is 356. The number of carbonyl (C=O) groups excluding carboxylic acids is 3. The fourth-order valence-corrected chi connectivity index (χ4v) is 1.93. The SMILES string of the molecule is CCCCC1(C)NC(=O)N(CC(=O)OCC)C1=O. The lowest BCUT2D eigenvalue weighted by Gasteiger charge is -2.20. The highest BCUT2D eigenvalue weighted by Crippen LogP contribution is 2.23. The molecule has 1 atom stereocenters. The molecule has 1 rings (SSSR count). The minimum Gasteiger partial charge on any atom is -0.465 e. The van der Waals surface area contributed by atoms with Crippen molar-refractivity contribution < 1.29 is 19.1 Å². The molecule has 18 heavy (non-hydrogen) atoms. The molecule has 102 valence electrons. The van der Waals surface area contributed by atoms with Crippen LogP contribution in [0.4, 0.5) is 4.79 Å². The summed E-state index contributed by atoms with van der Waals surface area (Å²) in [7, 11) is 0. The van der Waals surface area contributed by atoms with Crippen molar-refractivity contribution in [2.45, 2.75) is 45.6 Å². The second kappa shape index (κ2) is 5.84. The van der Waals surface area contributed by atoms with Gasteiger partial charge in [-0.15, -0.1) is 0 Å². The molecule has 0 aliphatic carbocycles. The lowest BCUT2D eigenvalue weighted by atomic mass is 9.95. The molecule has 3 amide bonds. The van der Waals surface area contributed by atoms with Gasteiger partial charge in [0.05, 0.1) is 6.61 Å². The van der Waals surface area contributed by atoms with E-state index in [1.807, 2.05) is 6.92 Å². The molecule has 6 heteroatoms. The molecule has 1 aliphatic heterocycles. The van der Waals surface area contributed by atoms with Gasteiger partial charge in [0.25, 0.3) is 5.91 Å². The predicted molar refractivity (Wildman–Crippen MR) is 64.8 cm³/mol. The second-order valence-electron chi connectivity index (χ2n) is 4.56. The highest BCUT2D eigenvalue weighted by Gasteiger charge is 2.47. The molecule has 1 aliphatic rings. The van der Waals surface area contributed by atoms with E-state index in [0.29, 0.717) is 6.42 Å². The average molecular weight is 256 g/mol. The van der Waals surface area contributed by atoms with Crippen LogP contribution in [0.1, 0.15) is 40.0 Å². The van der Waals surface area contributed by atoms with E-state index >= 15 is 0 Å². The van der Waals surface area contributed by atoms with Gasteiger partial charge in [-0.2, -0.15) is 0 Å². The van der Waals surface area contributed by atoms with Crippen LogP contribution in [-0.4, -0.2) is 41.5 Å². The van der Waals surface area contributed by atoms with Crippen molar-refractivity contribution in [2.75, 3.05) is 13.2 Å². The number of ether oxygens (including phenoxy) is 1. The van der Waals surface area contributed by atoms with Gasteiger partial charge in [-0.05, 0) is 20.3 Å². The van der Waals surface area contributed by atoms with E-state index in [9.17, 15) is 14.4 Å². The third-order valence-corrected chi connectivity index (χ3v) is 2.97. The molecule has 1 saturated heterocycles. The third kappa shape index (κ3) is 3.00. The normalized spacial score (nSPS) is 23.2. The van der Waals surface area contributed by atoms with Gasteiger partial charge in [-0.3, -0.25) is 14.5 Å². The lowest BCUT2D eigenvalue weighted by Crippen LogP contribution is -2.44. The number of unbranched alkanes of at least 4 members (excludes halogenated alkanes) is 1. The van der Waals surface area contributed by atoms with E-state index in [0.717, 1.165) is 17.7 Å². The van der Waals surface area contributed by atoms with Gasteiger partial charge in [-0.25, -0.2) is 4.79 Å². The van der Waals surface area contributed by atoms with Gasteiger partial charge in [0.1, 0.15) is 12.1 Å². The molecule has 0 aromatic rings. The van der Waals surface area contributed by atoms with Crippen LogP contribution in [0.15, 0.2) is 0 Å². The van der Waals surface area contributed by atoms with Crippen molar-refractivity contribution in [3.05, 3.63) is 0 Å². The Morgan fingerprint density at radius 1 is 1.39 bits per heavy atom. The van der Waals surface area contributed by atoms with Crippen LogP contribution in [0.2, 0.25) is 0 Å². The standard InChI is InChI=1S/C12H20N2O4/c1-4-6-7-12(3)10(16)14(11(17)13-12)8-9(15)18-5-2/h4-8H2,1-3H3,(H,13,17). The number of rotatable bonds is 6. The Morgan fingerprint density at radius 3 is 2.61 bits per heavy atom. The quantitative estimate of drug-likeness (QED) is 0.569. The molecule has 0 aromatic heterocycles. The Kier molecular flexibility index (Phi) is 4.69. The first kappa shape index (κ1) is 14.5. The molecule has 0 radical (unpaired) electrons. The van der Waals surface area contributed by atoms with Crippen molar-refractivity contribution >= 4 is 17.9 Å². The van der Waals surface area contributed by atoms with Crippen LogP contribution in [0.3, 0.4) is 0 Å². The smallest absolute Gasteiger partial charge is 0.326 e. The molecule has 0 spiro atoms. The predicted octanol–water partition coefficient (Wildman–Crippen LogP) is 1.05. The zero-order chi connectivity index (χ0) is 13.8. The van der Waals surface area contributed by atoms with E-state index in [4.69, 9.17) is 4.74 Å². The number of carbonyl (C=O) groups is 3. The van der Waals surface area contributed by atoms with E-state index < -0.39 is 17.5 Å². The van der Waals surface area contributed by atoms with Crippen molar-refractivity contribution in [1.82, 2.24) is 10.2 Å². The summed E-state index contributed by atoms with van der Waals surface area (Å²) < 4.78 is 4.74. The zero-order valence-electron chi connectivity index (χ0n) is 11.1. The Labute approximate surface area is 107 Å². The molecule has 0 bridgehead atoms. The number of nitrogens with one attached hydrogen (secondary N) is 1. The first-order valence-corrected chi connectivity index (χ1v) is 6.24. The van der Waals surface area contributed by atoms with Crippen LogP contribution in [-0.2, 0) is 14.3 Å². The summed E-state index contributed by atoms with van der Waals surface area (Å²) >= 11 is 0. The summed E-state index contributed by atoms with van der Waals surface area (Å²) in [6.45, 7) is 5.29. The fourth-order valence-electron chi connectivity index (χ4n) is 1.93.